The molecule has 1 aliphatic rings. The molecule has 0 aromatic heterocycles. The van der Waals surface area contributed by atoms with Crippen molar-refractivity contribution in [3.63, 3.8) is 0 Å². The van der Waals surface area contributed by atoms with Crippen molar-refractivity contribution in [2.75, 3.05) is 19.6 Å². The van der Waals surface area contributed by atoms with Gasteiger partial charge >= 0.3 is 0 Å². The van der Waals surface area contributed by atoms with E-state index < -0.39 is 5.82 Å². The van der Waals surface area contributed by atoms with E-state index in [9.17, 15) is 9.18 Å². The van der Waals surface area contributed by atoms with Gasteiger partial charge < -0.3 is 10.2 Å². The van der Waals surface area contributed by atoms with Crippen LogP contribution in [0.15, 0.2) is 18.2 Å². The lowest BCUT2D eigenvalue weighted by molar-refractivity contribution is 0.0473. The molecule has 5 heteroatoms. The molecule has 0 unspecified atom stereocenters. The SMILES string of the molecule is CC1(C)CNCCN1C(=O)c1ccc(Cl)cc1F. The Morgan fingerprint density at radius 1 is 1.50 bits per heavy atom. The van der Waals surface area contributed by atoms with Crippen LogP contribution in [0.3, 0.4) is 0 Å². The van der Waals surface area contributed by atoms with E-state index >= 15 is 0 Å². The third kappa shape index (κ3) is 2.49. The Morgan fingerprint density at radius 3 is 2.83 bits per heavy atom. The second-order valence-electron chi connectivity index (χ2n) is 5.07. The number of piperazine rings is 1. The summed E-state index contributed by atoms with van der Waals surface area (Å²) < 4.78 is 13.8. The Hall–Kier alpha value is -1.13. The number of hydrogen-bond donors (Lipinski definition) is 1. The molecule has 0 radical (unpaired) electrons. The van der Waals surface area contributed by atoms with Crippen molar-refractivity contribution < 1.29 is 9.18 Å². The zero-order chi connectivity index (χ0) is 13.3. The van der Waals surface area contributed by atoms with Crippen molar-refractivity contribution >= 4 is 17.5 Å². The molecular weight excluding hydrogens is 255 g/mol. The van der Waals surface area contributed by atoms with Crippen LogP contribution in [0, 0.1) is 5.82 Å². The molecule has 1 aromatic carbocycles. The fourth-order valence-corrected chi connectivity index (χ4v) is 2.33. The summed E-state index contributed by atoms with van der Waals surface area (Å²) in [4.78, 5) is 14.1. The summed E-state index contributed by atoms with van der Waals surface area (Å²) >= 11 is 5.69. The number of amides is 1. The molecule has 3 nitrogen and oxygen atoms in total. The number of carbonyl (C=O) groups is 1. The van der Waals surface area contributed by atoms with Gasteiger partial charge in [-0.25, -0.2) is 4.39 Å². The van der Waals surface area contributed by atoms with Crippen LogP contribution < -0.4 is 5.32 Å². The van der Waals surface area contributed by atoms with Crippen molar-refractivity contribution in [3.8, 4) is 0 Å². The van der Waals surface area contributed by atoms with Crippen LogP contribution in [-0.4, -0.2) is 36.0 Å². The first-order valence-electron chi connectivity index (χ1n) is 5.89. The van der Waals surface area contributed by atoms with Crippen molar-refractivity contribution in [1.29, 1.82) is 0 Å². The summed E-state index contributed by atoms with van der Waals surface area (Å²) in [5, 5.41) is 3.52. The number of carbonyl (C=O) groups excluding carboxylic acids is 1. The third-order valence-corrected chi connectivity index (χ3v) is 3.44. The van der Waals surface area contributed by atoms with E-state index in [1.54, 1.807) is 4.90 Å². The second kappa shape index (κ2) is 4.86. The highest BCUT2D eigenvalue weighted by Gasteiger charge is 2.34. The highest BCUT2D eigenvalue weighted by atomic mass is 35.5. The fraction of sp³-hybridized carbons (Fsp3) is 0.462. The molecule has 1 aromatic rings. The van der Waals surface area contributed by atoms with Gasteiger partial charge in [-0.05, 0) is 32.0 Å². The first kappa shape index (κ1) is 13.3. The quantitative estimate of drug-likeness (QED) is 0.849. The number of benzene rings is 1. The summed E-state index contributed by atoms with van der Waals surface area (Å²) in [6, 6.07) is 4.15. The lowest BCUT2D eigenvalue weighted by atomic mass is 9.98. The van der Waals surface area contributed by atoms with Gasteiger partial charge in [-0.15, -0.1) is 0 Å². The molecule has 1 fully saturated rings. The molecule has 1 saturated heterocycles. The molecule has 0 aliphatic carbocycles. The van der Waals surface area contributed by atoms with Gasteiger partial charge in [0, 0.05) is 24.7 Å². The number of nitrogens with one attached hydrogen (secondary N) is 1. The minimum Gasteiger partial charge on any atom is -0.331 e. The average Bonchev–Trinajstić information content (AvgIpc) is 2.27. The molecule has 1 heterocycles. The smallest absolute Gasteiger partial charge is 0.257 e. The fourth-order valence-electron chi connectivity index (χ4n) is 2.17. The Kier molecular flexibility index (Phi) is 3.59. The molecule has 0 bridgehead atoms. The maximum absolute atomic E-state index is 13.8. The van der Waals surface area contributed by atoms with Crippen LogP contribution in [0.1, 0.15) is 24.2 Å². The van der Waals surface area contributed by atoms with E-state index in [0.29, 0.717) is 18.1 Å². The van der Waals surface area contributed by atoms with Gasteiger partial charge in [-0.3, -0.25) is 4.79 Å². The summed E-state index contributed by atoms with van der Waals surface area (Å²) in [7, 11) is 0. The molecular formula is C13H16ClFN2O. The van der Waals surface area contributed by atoms with E-state index in [4.69, 9.17) is 11.6 Å². The molecule has 0 saturated carbocycles. The maximum atomic E-state index is 13.8. The van der Waals surface area contributed by atoms with Gasteiger partial charge in [-0.2, -0.15) is 0 Å². The van der Waals surface area contributed by atoms with Crippen molar-refractivity contribution in [1.82, 2.24) is 10.2 Å². The summed E-state index contributed by atoms with van der Waals surface area (Å²) in [5.74, 6) is -0.850. The zero-order valence-corrected chi connectivity index (χ0v) is 11.2. The van der Waals surface area contributed by atoms with Crippen molar-refractivity contribution in [2.45, 2.75) is 19.4 Å². The lowest BCUT2D eigenvalue weighted by Gasteiger charge is -2.42. The van der Waals surface area contributed by atoms with Gasteiger partial charge in [0.25, 0.3) is 5.91 Å². The molecule has 18 heavy (non-hydrogen) atoms. The molecule has 1 aliphatic heterocycles. The first-order valence-corrected chi connectivity index (χ1v) is 6.27. The van der Waals surface area contributed by atoms with Gasteiger partial charge in [-0.1, -0.05) is 11.6 Å². The highest BCUT2D eigenvalue weighted by molar-refractivity contribution is 6.30. The number of hydrogen-bond acceptors (Lipinski definition) is 2. The number of nitrogens with zero attached hydrogens (tertiary/aromatic N) is 1. The summed E-state index contributed by atoms with van der Waals surface area (Å²) in [6.45, 7) is 5.93. The van der Waals surface area contributed by atoms with E-state index in [1.165, 1.54) is 18.2 Å². The van der Waals surface area contributed by atoms with Crippen LogP contribution in [0.2, 0.25) is 5.02 Å². The van der Waals surface area contributed by atoms with E-state index in [0.717, 1.165) is 6.54 Å². The predicted molar refractivity (Wildman–Crippen MR) is 69.4 cm³/mol. The average molecular weight is 271 g/mol. The van der Waals surface area contributed by atoms with Crippen LogP contribution in [0.5, 0.6) is 0 Å². The standard InChI is InChI=1S/C13H16ClFN2O/c1-13(2)8-16-5-6-17(13)12(18)10-4-3-9(14)7-11(10)15/h3-4,7,16H,5-6,8H2,1-2H3. The third-order valence-electron chi connectivity index (χ3n) is 3.21. The highest BCUT2D eigenvalue weighted by Crippen LogP contribution is 2.22. The Bertz CT molecular complexity index is 476. The Morgan fingerprint density at radius 2 is 2.22 bits per heavy atom. The van der Waals surface area contributed by atoms with Crippen LogP contribution in [0.25, 0.3) is 0 Å². The van der Waals surface area contributed by atoms with E-state index in [1.807, 2.05) is 13.8 Å². The molecule has 98 valence electrons. The summed E-state index contributed by atoms with van der Waals surface area (Å²) in [6.07, 6.45) is 0. The lowest BCUT2D eigenvalue weighted by Crippen LogP contribution is -2.59. The van der Waals surface area contributed by atoms with Crippen LogP contribution >= 0.6 is 11.6 Å². The van der Waals surface area contributed by atoms with Gasteiger partial charge in [0.2, 0.25) is 0 Å². The molecule has 1 amide bonds. The van der Waals surface area contributed by atoms with Crippen LogP contribution in [-0.2, 0) is 0 Å². The first-order chi connectivity index (χ1) is 8.42. The molecule has 2 rings (SSSR count). The monoisotopic (exact) mass is 270 g/mol. The maximum Gasteiger partial charge on any atom is 0.257 e. The van der Waals surface area contributed by atoms with Gasteiger partial charge in [0.1, 0.15) is 5.82 Å². The molecule has 0 atom stereocenters. The van der Waals surface area contributed by atoms with Gasteiger partial charge in [0.05, 0.1) is 11.1 Å². The second-order valence-corrected chi connectivity index (χ2v) is 5.51. The van der Waals surface area contributed by atoms with Crippen molar-refractivity contribution in [2.24, 2.45) is 0 Å². The van der Waals surface area contributed by atoms with Crippen molar-refractivity contribution in [3.05, 3.63) is 34.6 Å². The largest absolute Gasteiger partial charge is 0.331 e. The Labute approximate surface area is 111 Å². The molecule has 1 N–H and O–H groups in total. The predicted octanol–water partition coefficient (Wildman–Crippen LogP) is 2.30. The number of rotatable bonds is 1. The Balaban J connectivity index is 2.30. The minimum atomic E-state index is -0.568. The zero-order valence-electron chi connectivity index (χ0n) is 10.5. The normalized spacial score (nSPS) is 18.8. The van der Waals surface area contributed by atoms with Gasteiger partial charge in [0.15, 0.2) is 0 Å². The minimum absolute atomic E-state index is 0.0781. The topological polar surface area (TPSA) is 32.3 Å². The van der Waals surface area contributed by atoms with Crippen LogP contribution in [0.4, 0.5) is 4.39 Å². The molecule has 0 spiro atoms. The van der Waals surface area contributed by atoms with E-state index in [2.05, 4.69) is 5.32 Å². The summed E-state index contributed by atoms with van der Waals surface area (Å²) in [5.41, 5.74) is -0.240. The number of halogens is 2. The van der Waals surface area contributed by atoms with E-state index in [-0.39, 0.29) is 17.0 Å².